The van der Waals surface area contributed by atoms with Gasteiger partial charge in [-0.15, -0.1) is 12.4 Å². The van der Waals surface area contributed by atoms with Gasteiger partial charge in [0.1, 0.15) is 11.6 Å². The molecule has 1 aromatic carbocycles. The third-order valence-electron chi connectivity index (χ3n) is 1.79. The lowest BCUT2D eigenvalue weighted by Crippen LogP contribution is -2.12. The number of hydrogen-bond donors (Lipinski definition) is 2. The Morgan fingerprint density at radius 1 is 1.57 bits per heavy atom. The normalized spacial score (nSPS) is 11.7. The summed E-state index contributed by atoms with van der Waals surface area (Å²) in [6.07, 6.45) is -0.953. The van der Waals surface area contributed by atoms with Crippen LogP contribution in [0.3, 0.4) is 0 Å². The van der Waals surface area contributed by atoms with Crippen LogP contribution in [0.5, 0.6) is 5.75 Å². The molecule has 0 spiro atoms. The second-order valence-corrected chi connectivity index (χ2v) is 2.64. The molecule has 3 nitrogen and oxygen atoms in total. The smallest absolute Gasteiger partial charge is 0.132 e. The predicted molar refractivity (Wildman–Crippen MR) is 54.2 cm³/mol. The van der Waals surface area contributed by atoms with Gasteiger partial charge < -0.3 is 15.6 Å². The first-order valence-corrected chi connectivity index (χ1v) is 3.90. The Labute approximate surface area is 88.1 Å². The Kier molecular flexibility index (Phi) is 5.45. The van der Waals surface area contributed by atoms with Crippen molar-refractivity contribution in [3.63, 3.8) is 0 Å². The number of rotatable bonds is 3. The summed E-state index contributed by atoms with van der Waals surface area (Å²) in [5, 5.41) is 9.27. The van der Waals surface area contributed by atoms with Gasteiger partial charge in [-0.2, -0.15) is 0 Å². The highest BCUT2D eigenvalue weighted by molar-refractivity contribution is 5.85. The molecule has 0 saturated carbocycles. The van der Waals surface area contributed by atoms with Gasteiger partial charge in [0, 0.05) is 18.2 Å². The molecule has 1 atom stereocenters. The van der Waals surface area contributed by atoms with E-state index in [-0.39, 0.29) is 24.5 Å². The zero-order valence-corrected chi connectivity index (χ0v) is 8.55. The minimum Gasteiger partial charge on any atom is -0.497 e. The summed E-state index contributed by atoms with van der Waals surface area (Å²) in [4.78, 5) is 0. The van der Waals surface area contributed by atoms with Crippen molar-refractivity contribution in [1.29, 1.82) is 0 Å². The number of benzene rings is 1. The van der Waals surface area contributed by atoms with E-state index in [1.807, 2.05) is 0 Å². The highest BCUT2D eigenvalue weighted by atomic mass is 35.5. The highest BCUT2D eigenvalue weighted by Crippen LogP contribution is 2.20. The Hall–Kier alpha value is -0.840. The molecule has 0 saturated heterocycles. The summed E-state index contributed by atoms with van der Waals surface area (Å²) < 4.78 is 18.0. The van der Waals surface area contributed by atoms with Crippen molar-refractivity contribution >= 4 is 12.4 Å². The minimum atomic E-state index is -0.953. The van der Waals surface area contributed by atoms with Gasteiger partial charge >= 0.3 is 0 Å². The number of methoxy groups -OCH3 is 1. The molecular weight excluding hydrogens is 209 g/mol. The quantitative estimate of drug-likeness (QED) is 0.808. The lowest BCUT2D eigenvalue weighted by atomic mass is 10.1. The van der Waals surface area contributed by atoms with Crippen molar-refractivity contribution in [1.82, 2.24) is 0 Å². The predicted octanol–water partition coefficient (Wildman–Crippen LogP) is 1.25. The van der Waals surface area contributed by atoms with E-state index >= 15 is 0 Å². The Morgan fingerprint density at radius 3 is 2.64 bits per heavy atom. The van der Waals surface area contributed by atoms with Gasteiger partial charge in [-0.05, 0) is 12.1 Å². The van der Waals surface area contributed by atoms with Crippen molar-refractivity contribution < 1.29 is 14.2 Å². The van der Waals surface area contributed by atoms with Crippen LogP contribution < -0.4 is 10.5 Å². The summed E-state index contributed by atoms with van der Waals surface area (Å²) >= 11 is 0. The number of nitrogens with two attached hydrogens (primary N) is 1. The van der Waals surface area contributed by atoms with Gasteiger partial charge in [0.05, 0.1) is 13.2 Å². The second-order valence-electron chi connectivity index (χ2n) is 2.64. The van der Waals surface area contributed by atoms with Gasteiger partial charge in [-0.1, -0.05) is 0 Å². The van der Waals surface area contributed by atoms with E-state index in [0.717, 1.165) is 0 Å². The van der Waals surface area contributed by atoms with Crippen LogP contribution in [-0.4, -0.2) is 18.8 Å². The van der Waals surface area contributed by atoms with Gasteiger partial charge in [-0.3, -0.25) is 0 Å². The Morgan fingerprint density at radius 2 is 2.21 bits per heavy atom. The molecule has 14 heavy (non-hydrogen) atoms. The van der Waals surface area contributed by atoms with Crippen molar-refractivity contribution in [3.05, 3.63) is 29.6 Å². The number of halogens is 2. The summed E-state index contributed by atoms with van der Waals surface area (Å²) in [5.74, 6) is -0.0808. The molecule has 3 N–H and O–H groups in total. The van der Waals surface area contributed by atoms with Crippen LogP contribution in [0, 0.1) is 5.82 Å². The van der Waals surface area contributed by atoms with Crippen LogP contribution in [0.2, 0.25) is 0 Å². The maximum absolute atomic E-state index is 13.2. The summed E-state index contributed by atoms with van der Waals surface area (Å²) in [6, 6.07) is 4.26. The largest absolute Gasteiger partial charge is 0.497 e. The molecular formula is C9H13ClFNO2. The third kappa shape index (κ3) is 2.83. The van der Waals surface area contributed by atoms with Gasteiger partial charge in [0.25, 0.3) is 0 Å². The lowest BCUT2D eigenvalue weighted by Gasteiger charge is -2.09. The van der Waals surface area contributed by atoms with E-state index in [0.29, 0.717) is 5.75 Å². The first kappa shape index (κ1) is 13.2. The molecule has 0 fully saturated rings. The van der Waals surface area contributed by atoms with E-state index in [2.05, 4.69) is 0 Å². The molecule has 0 aliphatic rings. The van der Waals surface area contributed by atoms with Crippen molar-refractivity contribution in [2.75, 3.05) is 13.7 Å². The van der Waals surface area contributed by atoms with Crippen LogP contribution >= 0.6 is 12.4 Å². The minimum absolute atomic E-state index is 0. The van der Waals surface area contributed by atoms with Gasteiger partial charge in [0.2, 0.25) is 0 Å². The average molecular weight is 222 g/mol. The molecule has 0 aromatic heterocycles. The topological polar surface area (TPSA) is 55.5 Å². The molecule has 1 rings (SSSR count). The molecule has 0 radical (unpaired) electrons. The molecule has 1 aromatic rings. The molecule has 0 aliphatic heterocycles. The van der Waals surface area contributed by atoms with Gasteiger partial charge in [0.15, 0.2) is 0 Å². The molecule has 0 aliphatic carbocycles. The molecule has 80 valence electrons. The average Bonchev–Trinajstić information content (AvgIpc) is 2.16. The maximum atomic E-state index is 13.2. The summed E-state index contributed by atoms with van der Waals surface area (Å²) in [5.41, 5.74) is 5.39. The first-order valence-electron chi connectivity index (χ1n) is 3.90. The van der Waals surface area contributed by atoms with Crippen LogP contribution in [0.1, 0.15) is 11.7 Å². The summed E-state index contributed by atoms with van der Waals surface area (Å²) in [7, 11) is 1.45. The fraction of sp³-hybridized carbons (Fsp3) is 0.333. The van der Waals surface area contributed by atoms with Crippen molar-refractivity contribution in [2.24, 2.45) is 5.73 Å². The Bertz CT molecular complexity index is 296. The van der Waals surface area contributed by atoms with Crippen molar-refractivity contribution in [2.45, 2.75) is 6.10 Å². The summed E-state index contributed by atoms with van der Waals surface area (Å²) in [6.45, 7) is 0.00322. The van der Waals surface area contributed by atoms with E-state index < -0.39 is 11.9 Å². The molecule has 0 amide bonds. The fourth-order valence-corrected chi connectivity index (χ4v) is 1.03. The van der Waals surface area contributed by atoms with E-state index in [1.165, 1.54) is 19.2 Å². The first-order chi connectivity index (χ1) is 6.19. The highest BCUT2D eigenvalue weighted by Gasteiger charge is 2.11. The number of ether oxygens (including phenoxy) is 1. The van der Waals surface area contributed by atoms with E-state index in [4.69, 9.17) is 10.5 Å². The zero-order chi connectivity index (χ0) is 9.84. The monoisotopic (exact) mass is 221 g/mol. The van der Waals surface area contributed by atoms with Gasteiger partial charge in [-0.25, -0.2) is 4.39 Å². The third-order valence-corrected chi connectivity index (χ3v) is 1.79. The SMILES string of the molecule is COc1ccc(C(O)CN)c(F)c1.Cl. The molecule has 5 heteroatoms. The number of aliphatic hydroxyl groups is 1. The molecule has 0 heterocycles. The molecule has 0 bridgehead atoms. The molecule has 1 unspecified atom stereocenters. The van der Waals surface area contributed by atoms with Crippen LogP contribution in [-0.2, 0) is 0 Å². The number of aliphatic hydroxyl groups excluding tert-OH is 1. The van der Waals surface area contributed by atoms with Crippen LogP contribution in [0.25, 0.3) is 0 Å². The van der Waals surface area contributed by atoms with Crippen LogP contribution in [0.4, 0.5) is 4.39 Å². The van der Waals surface area contributed by atoms with E-state index in [1.54, 1.807) is 6.07 Å². The lowest BCUT2D eigenvalue weighted by molar-refractivity contribution is 0.181. The van der Waals surface area contributed by atoms with Crippen molar-refractivity contribution in [3.8, 4) is 5.75 Å². The van der Waals surface area contributed by atoms with E-state index in [9.17, 15) is 9.50 Å². The second kappa shape index (κ2) is 5.80. The maximum Gasteiger partial charge on any atom is 0.132 e. The number of hydrogen-bond acceptors (Lipinski definition) is 3. The standard InChI is InChI=1S/C9H12FNO2.ClH/c1-13-6-2-3-7(8(10)4-6)9(12)5-11;/h2-4,9,12H,5,11H2,1H3;1H. The zero-order valence-electron chi connectivity index (χ0n) is 7.74. The van der Waals surface area contributed by atoms with Crippen LogP contribution in [0.15, 0.2) is 18.2 Å². The Balaban J connectivity index is 0.00000169. The fourth-order valence-electron chi connectivity index (χ4n) is 1.03.